The summed E-state index contributed by atoms with van der Waals surface area (Å²) in [6.07, 6.45) is 15.6. The standard InChI is InChI=1S/C22H31NO2/c1-2-3-4-5-6-7-8-9-10-11-14-18-15-12-13-16-19(18)20-17-21(24)23-22(20)25/h12-13,15-17H,2-11,14H2,1H3,(H,23,24,25). The van der Waals surface area contributed by atoms with E-state index in [1.807, 2.05) is 18.2 Å². The van der Waals surface area contributed by atoms with E-state index >= 15 is 0 Å². The van der Waals surface area contributed by atoms with E-state index in [2.05, 4.69) is 18.3 Å². The molecule has 2 amide bonds. The summed E-state index contributed by atoms with van der Waals surface area (Å²) < 4.78 is 0. The molecule has 0 bridgehead atoms. The zero-order valence-corrected chi connectivity index (χ0v) is 15.5. The van der Waals surface area contributed by atoms with E-state index < -0.39 is 0 Å². The van der Waals surface area contributed by atoms with E-state index in [4.69, 9.17) is 0 Å². The van der Waals surface area contributed by atoms with E-state index in [1.54, 1.807) is 0 Å². The quantitative estimate of drug-likeness (QED) is 0.420. The van der Waals surface area contributed by atoms with Crippen molar-refractivity contribution in [2.45, 2.75) is 77.6 Å². The van der Waals surface area contributed by atoms with Crippen LogP contribution in [0.25, 0.3) is 5.57 Å². The summed E-state index contributed by atoms with van der Waals surface area (Å²) in [6.45, 7) is 2.26. The number of aryl methyl sites for hydroxylation is 1. The van der Waals surface area contributed by atoms with E-state index in [1.165, 1.54) is 63.9 Å². The van der Waals surface area contributed by atoms with Crippen LogP contribution < -0.4 is 5.32 Å². The molecule has 0 saturated carbocycles. The topological polar surface area (TPSA) is 46.2 Å². The first-order valence-electron chi connectivity index (χ1n) is 9.87. The van der Waals surface area contributed by atoms with Crippen LogP contribution in [0.1, 0.15) is 82.3 Å². The molecule has 0 spiro atoms. The number of nitrogens with one attached hydrogen (secondary N) is 1. The molecular weight excluding hydrogens is 310 g/mol. The van der Waals surface area contributed by atoms with Crippen LogP contribution in [0.3, 0.4) is 0 Å². The molecule has 136 valence electrons. The van der Waals surface area contributed by atoms with Gasteiger partial charge in [-0.1, -0.05) is 89.0 Å². The van der Waals surface area contributed by atoms with Crippen molar-refractivity contribution < 1.29 is 9.59 Å². The van der Waals surface area contributed by atoms with Crippen LogP contribution in [-0.2, 0) is 16.0 Å². The Bertz CT molecular complexity index is 604. The number of benzene rings is 1. The molecule has 1 heterocycles. The van der Waals surface area contributed by atoms with Crippen molar-refractivity contribution in [3.05, 3.63) is 41.5 Å². The number of rotatable bonds is 12. The minimum absolute atomic E-state index is 0.277. The molecule has 0 aromatic heterocycles. The number of amides is 2. The molecular formula is C22H31NO2. The Kier molecular flexibility index (Phi) is 8.44. The lowest BCUT2D eigenvalue weighted by Gasteiger charge is -2.09. The highest BCUT2D eigenvalue weighted by Crippen LogP contribution is 2.24. The third-order valence-electron chi connectivity index (χ3n) is 4.86. The second-order valence-corrected chi connectivity index (χ2v) is 6.97. The molecule has 1 aromatic carbocycles. The van der Waals surface area contributed by atoms with Crippen molar-refractivity contribution in [3.63, 3.8) is 0 Å². The van der Waals surface area contributed by atoms with Crippen LogP contribution in [0.2, 0.25) is 0 Å². The number of hydrogen-bond acceptors (Lipinski definition) is 2. The first-order chi connectivity index (χ1) is 12.2. The average molecular weight is 341 g/mol. The molecule has 0 radical (unpaired) electrons. The van der Waals surface area contributed by atoms with E-state index in [0.717, 1.165) is 24.0 Å². The fourth-order valence-corrected chi connectivity index (χ4v) is 3.42. The van der Waals surface area contributed by atoms with Crippen LogP contribution in [0, 0.1) is 0 Å². The molecule has 2 rings (SSSR count). The van der Waals surface area contributed by atoms with Gasteiger partial charge in [0.25, 0.3) is 11.8 Å². The fourth-order valence-electron chi connectivity index (χ4n) is 3.42. The maximum Gasteiger partial charge on any atom is 0.258 e. The van der Waals surface area contributed by atoms with Gasteiger partial charge in [-0.2, -0.15) is 0 Å². The summed E-state index contributed by atoms with van der Waals surface area (Å²) in [4.78, 5) is 23.3. The summed E-state index contributed by atoms with van der Waals surface area (Å²) in [5.74, 6) is -0.589. The summed E-state index contributed by atoms with van der Waals surface area (Å²) in [5, 5.41) is 2.33. The zero-order valence-electron chi connectivity index (χ0n) is 15.5. The zero-order chi connectivity index (χ0) is 17.9. The van der Waals surface area contributed by atoms with Crippen LogP contribution in [0.15, 0.2) is 30.3 Å². The molecule has 0 fully saturated rings. The van der Waals surface area contributed by atoms with Crippen molar-refractivity contribution in [2.24, 2.45) is 0 Å². The Morgan fingerprint density at radius 1 is 0.800 bits per heavy atom. The molecule has 0 unspecified atom stereocenters. The number of imide groups is 1. The van der Waals surface area contributed by atoms with Gasteiger partial charge in [0.2, 0.25) is 0 Å². The third kappa shape index (κ3) is 6.49. The maximum atomic E-state index is 11.9. The SMILES string of the molecule is CCCCCCCCCCCCc1ccccc1C1=CC(=O)NC1=O. The Balaban J connectivity index is 1.69. The molecule has 0 aliphatic carbocycles. The molecule has 25 heavy (non-hydrogen) atoms. The molecule has 1 aliphatic rings. The number of carbonyl (C=O) groups is 2. The fraction of sp³-hybridized carbons (Fsp3) is 0.545. The van der Waals surface area contributed by atoms with Gasteiger partial charge in [0.05, 0.1) is 5.57 Å². The third-order valence-corrected chi connectivity index (χ3v) is 4.86. The molecule has 0 atom stereocenters. The number of carbonyl (C=O) groups excluding carboxylic acids is 2. The largest absolute Gasteiger partial charge is 0.289 e. The van der Waals surface area contributed by atoms with Crippen LogP contribution in [-0.4, -0.2) is 11.8 Å². The van der Waals surface area contributed by atoms with Crippen molar-refractivity contribution in [1.29, 1.82) is 0 Å². The molecule has 1 aliphatic heterocycles. The van der Waals surface area contributed by atoms with Gasteiger partial charge in [0.1, 0.15) is 0 Å². The van der Waals surface area contributed by atoms with Crippen molar-refractivity contribution >= 4 is 17.4 Å². The lowest BCUT2D eigenvalue weighted by molar-refractivity contribution is -0.123. The van der Waals surface area contributed by atoms with Gasteiger partial charge in [0.15, 0.2) is 0 Å². The highest BCUT2D eigenvalue weighted by molar-refractivity contribution is 6.33. The average Bonchev–Trinajstić information content (AvgIpc) is 2.95. The minimum atomic E-state index is -0.311. The van der Waals surface area contributed by atoms with Gasteiger partial charge >= 0.3 is 0 Å². The summed E-state index contributed by atoms with van der Waals surface area (Å²) in [7, 11) is 0. The van der Waals surface area contributed by atoms with Gasteiger partial charge in [0, 0.05) is 6.08 Å². The summed E-state index contributed by atoms with van der Waals surface area (Å²) in [6, 6.07) is 7.94. The highest BCUT2D eigenvalue weighted by atomic mass is 16.2. The van der Waals surface area contributed by atoms with E-state index in [9.17, 15) is 9.59 Å². The molecule has 1 N–H and O–H groups in total. The smallest absolute Gasteiger partial charge is 0.258 e. The highest BCUT2D eigenvalue weighted by Gasteiger charge is 2.23. The predicted molar refractivity (Wildman–Crippen MR) is 103 cm³/mol. The second-order valence-electron chi connectivity index (χ2n) is 6.97. The van der Waals surface area contributed by atoms with Crippen LogP contribution >= 0.6 is 0 Å². The van der Waals surface area contributed by atoms with E-state index in [-0.39, 0.29) is 11.8 Å². The molecule has 3 heteroatoms. The Morgan fingerprint density at radius 3 is 2.00 bits per heavy atom. The number of hydrogen-bond donors (Lipinski definition) is 1. The van der Waals surface area contributed by atoms with Gasteiger partial charge in [-0.05, 0) is 24.0 Å². The first-order valence-corrected chi connectivity index (χ1v) is 9.87. The van der Waals surface area contributed by atoms with Gasteiger partial charge < -0.3 is 0 Å². The Hall–Kier alpha value is -1.90. The van der Waals surface area contributed by atoms with Crippen LogP contribution in [0.4, 0.5) is 0 Å². The Labute approximate surface area is 151 Å². The Morgan fingerprint density at radius 2 is 1.40 bits per heavy atom. The van der Waals surface area contributed by atoms with E-state index in [0.29, 0.717) is 5.57 Å². The summed E-state index contributed by atoms with van der Waals surface area (Å²) in [5.41, 5.74) is 2.58. The summed E-state index contributed by atoms with van der Waals surface area (Å²) >= 11 is 0. The first kappa shape index (κ1) is 19.4. The van der Waals surface area contributed by atoms with Gasteiger partial charge in [-0.3, -0.25) is 14.9 Å². The van der Waals surface area contributed by atoms with Crippen molar-refractivity contribution in [3.8, 4) is 0 Å². The number of unbranched alkanes of at least 4 members (excludes halogenated alkanes) is 9. The van der Waals surface area contributed by atoms with Gasteiger partial charge in [-0.15, -0.1) is 0 Å². The molecule has 0 saturated heterocycles. The lowest BCUT2D eigenvalue weighted by atomic mass is 9.95. The van der Waals surface area contributed by atoms with Gasteiger partial charge in [-0.25, -0.2) is 0 Å². The van der Waals surface area contributed by atoms with Crippen molar-refractivity contribution in [2.75, 3.05) is 0 Å². The minimum Gasteiger partial charge on any atom is -0.289 e. The normalized spacial score (nSPS) is 13.9. The molecule has 1 aromatic rings. The van der Waals surface area contributed by atoms with Crippen LogP contribution in [0.5, 0.6) is 0 Å². The lowest BCUT2D eigenvalue weighted by Crippen LogP contribution is -2.22. The monoisotopic (exact) mass is 341 g/mol. The molecule has 3 nitrogen and oxygen atoms in total. The predicted octanol–water partition coefficient (Wildman–Crippen LogP) is 5.19. The van der Waals surface area contributed by atoms with Crippen molar-refractivity contribution in [1.82, 2.24) is 5.32 Å². The maximum absolute atomic E-state index is 11.9. The second kappa shape index (κ2) is 10.9.